The number of nitrogens with one attached hydrogen (secondary N) is 1. The number of rotatable bonds is 4. The van der Waals surface area contributed by atoms with Gasteiger partial charge in [0.2, 0.25) is 0 Å². The lowest BCUT2D eigenvalue weighted by Crippen LogP contribution is -2.52. The number of hydrogen-bond acceptors (Lipinski definition) is 4. The van der Waals surface area contributed by atoms with Crippen LogP contribution < -0.4 is 10.2 Å². The number of aryl methyl sites for hydroxylation is 1. The van der Waals surface area contributed by atoms with E-state index in [0.29, 0.717) is 12.2 Å². The number of carbonyl (C=O) groups excluding carboxylic acids is 1. The molecule has 0 bridgehead atoms. The molecule has 1 spiro atoms. The molecule has 1 saturated heterocycles. The second-order valence-corrected chi connectivity index (χ2v) is 9.15. The van der Waals surface area contributed by atoms with Crippen molar-refractivity contribution in [2.45, 2.75) is 43.6 Å². The first-order valence-corrected chi connectivity index (χ1v) is 10.5. The highest BCUT2D eigenvalue weighted by Crippen LogP contribution is 2.45. The average molecular weight is 404 g/mol. The fourth-order valence-corrected chi connectivity index (χ4v) is 5.22. The minimum Gasteiger partial charge on any atom is -0.330 e. The molecule has 156 valence electrons. The maximum absolute atomic E-state index is 12.9. The van der Waals surface area contributed by atoms with Crippen LogP contribution in [0.5, 0.6) is 0 Å². The Labute approximate surface area is 178 Å². The Kier molecular flexibility index (Phi) is 5.25. The number of nitrogens with zero attached hydrogens (tertiary/aromatic N) is 4. The smallest absolute Gasteiger partial charge is 0.322 e. The normalized spacial score (nSPS) is 26.1. The highest BCUT2D eigenvalue weighted by molar-refractivity contribution is 5.96. The Morgan fingerprint density at radius 3 is 2.50 bits per heavy atom. The van der Waals surface area contributed by atoms with Gasteiger partial charge in [-0.05, 0) is 63.9 Å². The number of nitriles is 1. The molecule has 0 atom stereocenters. The third-order valence-electron chi connectivity index (χ3n) is 6.74. The monoisotopic (exact) mass is 403 g/mol. The van der Waals surface area contributed by atoms with Crippen molar-refractivity contribution >= 4 is 11.7 Å². The number of carbonyl (C=O) groups is 1. The Bertz CT molecular complexity index is 971. The first-order chi connectivity index (χ1) is 14.4. The van der Waals surface area contributed by atoms with Crippen LogP contribution in [0, 0.1) is 18.3 Å². The van der Waals surface area contributed by atoms with Crippen LogP contribution in [0.25, 0.3) is 0 Å². The van der Waals surface area contributed by atoms with Crippen LogP contribution >= 0.6 is 0 Å². The fraction of sp³-hybridized carbons (Fsp3) is 0.458. The topological polar surface area (TPSA) is 72.3 Å². The van der Waals surface area contributed by atoms with Crippen LogP contribution in [0.4, 0.5) is 10.5 Å². The summed E-state index contributed by atoms with van der Waals surface area (Å²) in [5.74, 6) is 0. The molecule has 0 unspecified atom stereocenters. The lowest BCUT2D eigenvalue weighted by molar-refractivity contribution is 0.156. The molecule has 2 aliphatic rings. The fourth-order valence-electron chi connectivity index (χ4n) is 5.22. The number of likely N-dealkylation sites (N-methyl/N-ethyl adjacent to an activating group) is 1. The van der Waals surface area contributed by atoms with E-state index in [4.69, 9.17) is 5.26 Å². The molecule has 1 N–H and O–H groups in total. The predicted molar refractivity (Wildman–Crippen MR) is 117 cm³/mol. The highest BCUT2D eigenvalue weighted by atomic mass is 16.2. The molecule has 1 aliphatic carbocycles. The van der Waals surface area contributed by atoms with Crippen molar-refractivity contribution in [1.82, 2.24) is 15.2 Å². The van der Waals surface area contributed by atoms with Gasteiger partial charge >= 0.3 is 6.03 Å². The molecule has 0 radical (unpaired) electrons. The minimum absolute atomic E-state index is 0.0653. The largest absolute Gasteiger partial charge is 0.330 e. The quantitative estimate of drug-likeness (QED) is 0.847. The molecule has 2 heterocycles. The van der Waals surface area contributed by atoms with Gasteiger partial charge in [-0.2, -0.15) is 5.26 Å². The van der Waals surface area contributed by atoms with E-state index in [2.05, 4.69) is 65.7 Å². The van der Waals surface area contributed by atoms with E-state index in [1.54, 1.807) is 17.2 Å². The van der Waals surface area contributed by atoms with E-state index in [-0.39, 0.29) is 17.0 Å². The lowest BCUT2D eigenvalue weighted by atomic mass is 9.64. The summed E-state index contributed by atoms with van der Waals surface area (Å²) < 4.78 is 0. The van der Waals surface area contributed by atoms with Crippen molar-refractivity contribution in [2.24, 2.45) is 0 Å². The number of amides is 2. The highest BCUT2D eigenvalue weighted by Gasteiger charge is 2.49. The van der Waals surface area contributed by atoms with Crippen molar-refractivity contribution in [3.05, 3.63) is 59.4 Å². The molecule has 6 nitrogen and oxygen atoms in total. The molecule has 4 rings (SSSR count). The van der Waals surface area contributed by atoms with Gasteiger partial charge in [-0.3, -0.25) is 4.90 Å². The number of anilines is 1. The molecule has 2 amide bonds. The van der Waals surface area contributed by atoms with Gasteiger partial charge in [-0.1, -0.05) is 30.3 Å². The standard InChI is InChI=1S/C24H29N5O/c1-18-13-20(14-25)26-15-21(18)29-17-24(27-22(29)30)11-9-23(10-12-24,16-28(2)3)19-7-5-4-6-8-19/h4-8,13,15H,9-12,16-17H2,1-3H3,(H,27,30). The second kappa shape index (κ2) is 7.73. The SMILES string of the molecule is Cc1cc(C#N)ncc1N1CC2(CCC(CN(C)C)(c3ccccc3)CC2)NC1=O. The van der Waals surface area contributed by atoms with Gasteiger partial charge in [-0.15, -0.1) is 0 Å². The Morgan fingerprint density at radius 2 is 1.90 bits per heavy atom. The number of pyridine rings is 1. The molecule has 2 aromatic rings. The van der Waals surface area contributed by atoms with Crippen molar-refractivity contribution < 1.29 is 4.79 Å². The summed E-state index contributed by atoms with van der Waals surface area (Å²) in [5, 5.41) is 12.4. The summed E-state index contributed by atoms with van der Waals surface area (Å²) >= 11 is 0. The summed E-state index contributed by atoms with van der Waals surface area (Å²) in [7, 11) is 4.27. The third kappa shape index (κ3) is 3.66. The minimum atomic E-state index is -0.206. The van der Waals surface area contributed by atoms with E-state index in [9.17, 15) is 4.79 Å². The Hall–Kier alpha value is -2.91. The maximum atomic E-state index is 12.9. The molecule has 1 aromatic carbocycles. The molecule has 1 saturated carbocycles. The van der Waals surface area contributed by atoms with Crippen molar-refractivity contribution in [1.29, 1.82) is 5.26 Å². The molecule has 2 fully saturated rings. The molecule has 6 heteroatoms. The first kappa shape index (κ1) is 20.4. The molecular formula is C24H29N5O. The summed E-state index contributed by atoms with van der Waals surface area (Å²) in [4.78, 5) is 21.1. The first-order valence-electron chi connectivity index (χ1n) is 10.5. The van der Waals surface area contributed by atoms with E-state index < -0.39 is 0 Å². The van der Waals surface area contributed by atoms with Crippen molar-refractivity contribution in [3.63, 3.8) is 0 Å². The van der Waals surface area contributed by atoms with E-state index in [0.717, 1.165) is 43.5 Å². The lowest BCUT2D eigenvalue weighted by Gasteiger charge is -2.46. The zero-order valence-corrected chi connectivity index (χ0v) is 18.0. The Balaban J connectivity index is 1.55. The summed E-state index contributed by atoms with van der Waals surface area (Å²) in [6, 6.07) is 14.5. The third-order valence-corrected chi connectivity index (χ3v) is 6.74. The number of urea groups is 1. The summed E-state index contributed by atoms with van der Waals surface area (Å²) in [6.07, 6.45) is 5.61. The average Bonchev–Trinajstić information content (AvgIpc) is 3.06. The second-order valence-electron chi connectivity index (χ2n) is 9.15. The van der Waals surface area contributed by atoms with Crippen LogP contribution in [-0.2, 0) is 5.41 Å². The van der Waals surface area contributed by atoms with Crippen molar-refractivity contribution in [2.75, 3.05) is 32.1 Å². The van der Waals surface area contributed by atoms with Crippen LogP contribution in [0.1, 0.15) is 42.5 Å². The van der Waals surface area contributed by atoms with Gasteiger partial charge in [0.05, 0.1) is 24.0 Å². The molecular weight excluding hydrogens is 374 g/mol. The summed E-state index contributed by atoms with van der Waals surface area (Å²) in [6.45, 7) is 3.57. The van der Waals surface area contributed by atoms with E-state index in [1.807, 2.05) is 6.92 Å². The zero-order chi connectivity index (χ0) is 21.4. The van der Waals surface area contributed by atoms with E-state index in [1.165, 1.54) is 5.56 Å². The van der Waals surface area contributed by atoms with Crippen LogP contribution in [-0.4, -0.2) is 48.6 Å². The van der Waals surface area contributed by atoms with Crippen LogP contribution in [0.2, 0.25) is 0 Å². The molecule has 1 aromatic heterocycles. The number of benzene rings is 1. The van der Waals surface area contributed by atoms with E-state index >= 15 is 0 Å². The number of hydrogen-bond donors (Lipinski definition) is 1. The van der Waals surface area contributed by atoms with Gasteiger partial charge in [-0.25, -0.2) is 9.78 Å². The summed E-state index contributed by atoms with van der Waals surface area (Å²) in [5.41, 5.74) is 3.36. The predicted octanol–water partition coefficient (Wildman–Crippen LogP) is 3.60. The zero-order valence-electron chi connectivity index (χ0n) is 18.0. The Morgan fingerprint density at radius 1 is 1.20 bits per heavy atom. The molecule has 1 aliphatic heterocycles. The number of aromatic nitrogens is 1. The van der Waals surface area contributed by atoms with Gasteiger partial charge in [0.1, 0.15) is 11.8 Å². The van der Waals surface area contributed by atoms with Gasteiger partial charge < -0.3 is 10.2 Å². The van der Waals surface area contributed by atoms with Gasteiger partial charge in [0, 0.05) is 12.0 Å². The molecule has 30 heavy (non-hydrogen) atoms. The maximum Gasteiger partial charge on any atom is 0.322 e. The van der Waals surface area contributed by atoms with Gasteiger partial charge in [0.15, 0.2) is 0 Å². The van der Waals surface area contributed by atoms with Crippen LogP contribution in [0.15, 0.2) is 42.6 Å². The van der Waals surface area contributed by atoms with Crippen LogP contribution in [0.3, 0.4) is 0 Å². The van der Waals surface area contributed by atoms with Crippen molar-refractivity contribution in [3.8, 4) is 6.07 Å². The van der Waals surface area contributed by atoms with Gasteiger partial charge in [0.25, 0.3) is 0 Å².